The Bertz CT molecular complexity index is 628. The number of nitrogens with one attached hydrogen (secondary N) is 1. The molecular weight excluding hydrogens is 370 g/mol. The van der Waals surface area contributed by atoms with E-state index < -0.39 is 5.97 Å². The van der Waals surface area contributed by atoms with E-state index in [4.69, 9.17) is 0 Å². The Balaban J connectivity index is 0.000000352. The molecule has 2 fully saturated rings. The van der Waals surface area contributed by atoms with E-state index in [0.29, 0.717) is 25.0 Å². The quantitative estimate of drug-likeness (QED) is 0.478. The van der Waals surface area contributed by atoms with Gasteiger partial charge in [0.25, 0.3) is 0 Å². The molecule has 2 aliphatic heterocycles. The molecule has 162 valence electrons. The van der Waals surface area contributed by atoms with Crippen molar-refractivity contribution in [1.29, 1.82) is 0 Å². The Labute approximate surface area is 174 Å². The molecule has 0 bridgehead atoms. The van der Waals surface area contributed by atoms with Crippen LogP contribution >= 0.6 is 0 Å². The molecule has 0 aromatic heterocycles. The topological polar surface area (TPSA) is 90.0 Å². The number of aliphatic carboxylic acids is 1. The van der Waals surface area contributed by atoms with E-state index in [9.17, 15) is 19.5 Å². The van der Waals surface area contributed by atoms with Gasteiger partial charge < -0.3 is 20.2 Å². The van der Waals surface area contributed by atoms with E-state index >= 15 is 0 Å². The fraction of sp³-hybridized carbons (Fsp3) is 0.591. The van der Waals surface area contributed by atoms with Crippen LogP contribution in [-0.2, 0) is 14.4 Å². The second-order valence-electron chi connectivity index (χ2n) is 7.64. The third-order valence-electron chi connectivity index (χ3n) is 5.09. The highest BCUT2D eigenvalue weighted by Gasteiger charge is 2.29. The van der Waals surface area contributed by atoms with Gasteiger partial charge >= 0.3 is 5.97 Å². The van der Waals surface area contributed by atoms with Crippen LogP contribution in [0.3, 0.4) is 0 Å². The van der Waals surface area contributed by atoms with Gasteiger partial charge in [0.1, 0.15) is 0 Å². The van der Waals surface area contributed by atoms with E-state index in [1.54, 1.807) is 17.1 Å². The number of hydrogen-bond acceptors (Lipinski definition) is 4. The van der Waals surface area contributed by atoms with Crippen molar-refractivity contribution in [2.45, 2.75) is 38.5 Å². The highest BCUT2D eigenvalue weighted by Crippen LogP contribution is 2.22. The van der Waals surface area contributed by atoms with Crippen LogP contribution in [0.4, 0.5) is 0 Å². The summed E-state index contributed by atoms with van der Waals surface area (Å²) >= 11 is 0. The van der Waals surface area contributed by atoms with Gasteiger partial charge in [-0.15, -0.1) is 6.58 Å². The third kappa shape index (κ3) is 8.64. The van der Waals surface area contributed by atoms with Gasteiger partial charge in [-0.2, -0.15) is 0 Å². The molecule has 2 N–H and O–H groups in total. The summed E-state index contributed by atoms with van der Waals surface area (Å²) in [6, 6.07) is 0. The first-order chi connectivity index (χ1) is 13.8. The Hall–Kier alpha value is -2.41. The average Bonchev–Trinajstić information content (AvgIpc) is 2.89. The fourth-order valence-corrected chi connectivity index (χ4v) is 3.34. The van der Waals surface area contributed by atoms with Gasteiger partial charge in [-0.3, -0.25) is 9.59 Å². The van der Waals surface area contributed by atoms with Crippen LogP contribution in [0.25, 0.3) is 0 Å². The Morgan fingerprint density at radius 3 is 2.52 bits per heavy atom. The van der Waals surface area contributed by atoms with Crippen LogP contribution in [-0.4, -0.2) is 66.4 Å². The zero-order chi connectivity index (χ0) is 21.8. The minimum Gasteiger partial charge on any atom is -0.478 e. The number of carboxylic acids is 1. The summed E-state index contributed by atoms with van der Waals surface area (Å²) in [7, 11) is 3.90. The van der Waals surface area contributed by atoms with Gasteiger partial charge in [0, 0.05) is 18.7 Å². The van der Waals surface area contributed by atoms with Gasteiger partial charge in [-0.05, 0) is 58.9 Å². The fourth-order valence-electron chi connectivity index (χ4n) is 3.34. The molecule has 2 heterocycles. The summed E-state index contributed by atoms with van der Waals surface area (Å²) in [6.07, 6.45) is 9.99. The van der Waals surface area contributed by atoms with Crippen molar-refractivity contribution >= 4 is 17.8 Å². The predicted octanol–water partition coefficient (Wildman–Crippen LogP) is 2.42. The van der Waals surface area contributed by atoms with Gasteiger partial charge in [0.2, 0.25) is 11.8 Å². The Morgan fingerprint density at radius 2 is 1.97 bits per heavy atom. The van der Waals surface area contributed by atoms with Crippen molar-refractivity contribution in [3.05, 3.63) is 37.1 Å². The summed E-state index contributed by atoms with van der Waals surface area (Å²) < 4.78 is 0. The monoisotopic (exact) mass is 405 g/mol. The van der Waals surface area contributed by atoms with Crippen molar-refractivity contribution < 1.29 is 19.5 Å². The summed E-state index contributed by atoms with van der Waals surface area (Å²) in [6.45, 7) is 9.48. The maximum absolute atomic E-state index is 11.9. The van der Waals surface area contributed by atoms with Gasteiger partial charge in [-0.25, -0.2) is 4.79 Å². The summed E-state index contributed by atoms with van der Waals surface area (Å²) in [5, 5.41) is 12.0. The van der Waals surface area contributed by atoms with Gasteiger partial charge in [-0.1, -0.05) is 25.2 Å². The minimum absolute atomic E-state index is 0.0543. The van der Waals surface area contributed by atoms with Crippen LogP contribution < -0.4 is 5.32 Å². The number of likely N-dealkylation sites (tertiary alicyclic amines) is 1. The van der Waals surface area contributed by atoms with Crippen LogP contribution in [0.5, 0.6) is 0 Å². The van der Waals surface area contributed by atoms with E-state index in [2.05, 4.69) is 18.5 Å². The predicted molar refractivity (Wildman–Crippen MR) is 114 cm³/mol. The molecule has 0 radical (unpaired) electrons. The number of carbonyl (C=O) groups is 3. The van der Waals surface area contributed by atoms with Crippen molar-refractivity contribution in [2.24, 2.45) is 11.8 Å². The first kappa shape index (κ1) is 24.6. The first-order valence-corrected chi connectivity index (χ1v) is 10.2. The van der Waals surface area contributed by atoms with Crippen molar-refractivity contribution in [3.63, 3.8) is 0 Å². The summed E-state index contributed by atoms with van der Waals surface area (Å²) in [4.78, 5) is 37.7. The molecule has 2 atom stereocenters. The molecule has 0 saturated carbocycles. The standard InChI is InChI=1S/C14H22N2O3.C8H13NO/c1-4-16-9-7-11(13(16)17)10-12(14(18)19)6-5-8-15(2)3;1-2-7-5-3-4-6-9-8(7)10/h4,10-11H,1,5-9H2,2-3H3,(H,18,19);2,7H,1,3-6H2,(H,9,10). The smallest absolute Gasteiger partial charge is 0.331 e. The van der Waals surface area contributed by atoms with Crippen LogP contribution in [0.15, 0.2) is 37.1 Å². The number of amides is 2. The molecule has 7 nitrogen and oxygen atoms in total. The molecule has 7 heteroatoms. The number of hydrogen-bond donors (Lipinski definition) is 2. The molecule has 0 aromatic carbocycles. The summed E-state index contributed by atoms with van der Waals surface area (Å²) in [5.74, 6) is -1.09. The number of nitrogens with zero attached hydrogens (tertiary/aromatic N) is 2. The van der Waals surface area contributed by atoms with Crippen LogP contribution in [0.2, 0.25) is 0 Å². The largest absolute Gasteiger partial charge is 0.478 e. The number of carboxylic acid groups (broad SMARTS) is 1. The van der Waals surface area contributed by atoms with E-state index in [0.717, 1.165) is 38.8 Å². The molecule has 2 aliphatic rings. The zero-order valence-corrected chi connectivity index (χ0v) is 17.7. The Morgan fingerprint density at radius 1 is 1.24 bits per heavy atom. The van der Waals surface area contributed by atoms with Crippen molar-refractivity contribution in [1.82, 2.24) is 15.1 Å². The van der Waals surface area contributed by atoms with E-state index in [-0.39, 0.29) is 23.7 Å². The molecule has 2 saturated heterocycles. The molecular formula is C22H35N3O4. The lowest BCUT2D eigenvalue weighted by molar-refractivity contribution is -0.132. The first-order valence-electron chi connectivity index (χ1n) is 10.2. The summed E-state index contributed by atoms with van der Waals surface area (Å²) in [5.41, 5.74) is 0.339. The molecule has 0 aromatic rings. The normalized spacial score (nSPS) is 22.4. The van der Waals surface area contributed by atoms with Gasteiger partial charge in [0.05, 0.1) is 11.8 Å². The molecule has 0 aliphatic carbocycles. The van der Waals surface area contributed by atoms with Crippen molar-refractivity contribution in [3.8, 4) is 0 Å². The molecule has 0 spiro atoms. The average molecular weight is 406 g/mol. The second-order valence-corrected chi connectivity index (χ2v) is 7.64. The minimum atomic E-state index is -0.927. The number of carbonyl (C=O) groups excluding carboxylic acids is 2. The van der Waals surface area contributed by atoms with E-state index in [1.165, 1.54) is 6.20 Å². The lowest BCUT2D eigenvalue weighted by Gasteiger charge is -2.11. The van der Waals surface area contributed by atoms with Gasteiger partial charge in [0.15, 0.2) is 0 Å². The maximum Gasteiger partial charge on any atom is 0.331 e. The number of rotatable bonds is 8. The maximum atomic E-state index is 11.9. The van der Waals surface area contributed by atoms with Crippen LogP contribution in [0, 0.1) is 11.8 Å². The molecule has 2 rings (SSSR count). The molecule has 29 heavy (non-hydrogen) atoms. The SMILES string of the molecule is C=CC1CCCCNC1=O.C=CN1CCC(C=C(CCCN(C)C)C(=O)O)C1=O. The Kier molecular flexibility index (Phi) is 11.0. The highest BCUT2D eigenvalue weighted by molar-refractivity contribution is 5.89. The van der Waals surface area contributed by atoms with E-state index in [1.807, 2.05) is 19.0 Å². The third-order valence-corrected chi connectivity index (χ3v) is 5.09. The lowest BCUT2D eigenvalue weighted by atomic mass is 10.0. The molecule has 2 unspecified atom stereocenters. The second kappa shape index (κ2) is 12.9. The van der Waals surface area contributed by atoms with Crippen molar-refractivity contribution in [2.75, 3.05) is 33.7 Å². The highest BCUT2D eigenvalue weighted by atomic mass is 16.4. The zero-order valence-electron chi connectivity index (χ0n) is 17.7. The lowest BCUT2D eigenvalue weighted by Crippen LogP contribution is -2.27. The van der Waals surface area contributed by atoms with Crippen LogP contribution in [0.1, 0.15) is 38.5 Å². The molecule has 2 amide bonds.